The Morgan fingerprint density at radius 1 is 1.25 bits per heavy atom. The zero-order valence-electron chi connectivity index (χ0n) is 11.0. The predicted octanol–water partition coefficient (Wildman–Crippen LogP) is 3.16. The number of pyridine rings is 1. The van der Waals surface area contributed by atoms with Crippen LogP contribution in [0.4, 0.5) is 19.0 Å². The Morgan fingerprint density at radius 2 is 2.00 bits per heavy atom. The molecule has 0 atom stereocenters. The second-order valence-corrected chi connectivity index (χ2v) is 4.08. The Kier molecular flexibility index (Phi) is 3.87. The number of alkyl halides is 3. The van der Waals surface area contributed by atoms with Crippen LogP contribution in [0.5, 0.6) is 0 Å². The zero-order valence-corrected chi connectivity index (χ0v) is 11.0. The minimum Gasteiger partial charge on any atom is -0.373 e. The summed E-state index contributed by atoms with van der Waals surface area (Å²) in [6.07, 6.45) is -1.63. The number of rotatable bonds is 3. The van der Waals surface area contributed by atoms with Gasteiger partial charge in [0.05, 0.1) is 11.3 Å². The molecule has 0 aliphatic rings. The van der Waals surface area contributed by atoms with Crippen molar-refractivity contribution in [2.75, 3.05) is 12.4 Å². The molecule has 0 radical (unpaired) electrons. The van der Waals surface area contributed by atoms with Crippen LogP contribution in [0.25, 0.3) is 11.3 Å². The molecule has 0 saturated carbocycles. The maximum atomic E-state index is 13.0. The summed E-state index contributed by atoms with van der Waals surface area (Å²) in [5.74, 6) is 0.952. The molecule has 0 amide bonds. The minimum atomic E-state index is -4.45. The molecular formula is C13H13F3N4. The molecular weight excluding hydrogens is 269 g/mol. The molecule has 4 nitrogen and oxygen atoms in total. The highest BCUT2D eigenvalue weighted by molar-refractivity contribution is 5.66. The van der Waals surface area contributed by atoms with Crippen molar-refractivity contribution in [2.45, 2.75) is 19.5 Å². The van der Waals surface area contributed by atoms with Gasteiger partial charge in [-0.1, -0.05) is 6.92 Å². The lowest BCUT2D eigenvalue weighted by atomic mass is 10.1. The summed E-state index contributed by atoms with van der Waals surface area (Å²) < 4.78 is 39.0. The summed E-state index contributed by atoms with van der Waals surface area (Å²) in [5, 5.41) is 2.82. The standard InChI is InChI=1S/C13H13F3N4/c1-3-11-19-10(6-12(17-2)20-11)8-7-18-5-4-9(8)13(14,15)16/h4-7H,3H2,1-2H3,(H,17,19,20). The van der Waals surface area contributed by atoms with Crippen molar-refractivity contribution >= 4 is 5.82 Å². The van der Waals surface area contributed by atoms with Crippen LogP contribution in [-0.4, -0.2) is 22.0 Å². The largest absolute Gasteiger partial charge is 0.417 e. The summed E-state index contributed by atoms with van der Waals surface area (Å²) in [7, 11) is 1.65. The number of aryl methyl sites for hydroxylation is 1. The molecule has 0 spiro atoms. The first-order valence-corrected chi connectivity index (χ1v) is 6.03. The summed E-state index contributed by atoms with van der Waals surface area (Å²) in [4.78, 5) is 12.1. The fourth-order valence-electron chi connectivity index (χ4n) is 1.77. The molecule has 7 heteroatoms. The molecule has 1 N–H and O–H groups in total. The van der Waals surface area contributed by atoms with Crippen LogP contribution in [-0.2, 0) is 12.6 Å². The molecule has 106 valence electrons. The Hall–Kier alpha value is -2.18. The molecule has 0 saturated heterocycles. The third-order valence-corrected chi connectivity index (χ3v) is 2.75. The highest BCUT2D eigenvalue weighted by Gasteiger charge is 2.34. The van der Waals surface area contributed by atoms with Crippen LogP contribution in [0.1, 0.15) is 18.3 Å². The van der Waals surface area contributed by atoms with E-state index in [-0.39, 0.29) is 11.3 Å². The Morgan fingerprint density at radius 3 is 2.60 bits per heavy atom. The average Bonchev–Trinajstić information content (AvgIpc) is 2.45. The molecule has 0 aliphatic heterocycles. The maximum Gasteiger partial charge on any atom is 0.417 e. The Balaban J connectivity index is 2.62. The SMILES string of the molecule is CCc1nc(NC)cc(-c2cnccc2C(F)(F)F)n1. The van der Waals surface area contributed by atoms with Gasteiger partial charge in [-0.05, 0) is 6.07 Å². The van der Waals surface area contributed by atoms with E-state index < -0.39 is 11.7 Å². The van der Waals surface area contributed by atoms with Crippen molar-refractivity contribution < 1.29 is 13.2 Å². The van der Waals surface area contributed by atoms with Crippen LogP contribution in [0, 0.1) is 0 Å². The summed E-state index contributed by atoms with van der Waals surface area (Å²) in [5.41, 5.74) is -0.592. The van der Waals surface area contributed by atoms with Crippen LogP contribution in [0.15, 0.2) is 24.5 Å². The topological polar surface area (TPSA) is 50.7 Å². The van der Waals surface area contributed by atoms with Crippen LogP contribution in [0.2, 0.25) is 0 Å². The highest BCUT2D eigenvalue weighted by Crippen LogP contribution is 2.36. The zero-order chi connectivity index (χ0) is 14.8. The van der Waals surface area contributed by atoms with Gasteiger partial charge in [0.1, 0.15) is 11.6 Å². The molecule has 2 aromatic rings. The summed E-state index contributed by atoms with van der Waals surface area (Å²) in [6, 6.07) is 2.42. The fourth-order valence-corrected chi connectivity index (χ4v) is 1.77. The molecule has 20 heavy (non-hydrogen) atoms. The van der Waals surface area contributed by atoms with Gasteiger partial charge >= 0.3 is 6.18 Å². The number of nitrogens with zero attached hydrogens (tertiary/aromatic N) is 3. The smallest absolute Gasteiger partial charge is 0.373 e. The summed E-state index contributed by atoms with van der Waals surface area (Å²) >= 11 is 0. The average molecular weight is 282 g/mol. The predicted molar refractivity (Wildman–Crippen MR) is 69.2 cm³/mol. The number of hydrogen-bond donors (Lipinski definition) is 1. The number of aromatic nitrogens is 3. The quantitative estimate of drug-likeness (QED) is 0.939. The van der Waals surface area contributed by atoms with Crippen molar-refractivity contribution in [3.63, 3.8) is 0 Å². The third kappa shape index (κ3) is 2.87. The molecule has 0 bridgehead atoms. The first-order chi connectivity index (χ1) is 9.45. The van der Waals surface area contributed by atoms with E-state index in [2.05, 4.69) is 20.3 Å². The van der Waals surface area contributed by atoms with E-state index in [4.69, 9.17) is 0 Å². The molecule has 2 rings (SSSR count). The minimum absolute atomic E-state index is 0.0476. The van der Waals surface area contributed by atoms with Gasteiger partial charge in [0.2, 0.25) is 0 Å². The van der Waals surface area contributed by atoms with Crippen LogP contribution in [0.3, 0.4) is 0 Å². The van der Waals surface area contributed by atoms with Crippen molar-refractivity contribution in [2.24, 2.45) is 0 Å². The Labute approximate surface area is 114 Å². The van der Waals surface area contributed by atoms with Gasteiger partial charge in [0.25, 0.3) is 0 Å². The molecule has 0 aliphatic carbocycles. The van der Waals surface area contributed by atoms with E-state index in [1.165, 1.54) is 12.3 Å². The highest BCUT2D eigenvalue weighted by atomic mass is 19.4. The van der Waals surface area contributed by atoms with Gasteiger partial charge in [-0.3, -0.25) is 4.98 Å². The maximum absolute atomic E-state index is 13.0. The normalized spacial score (nSPS) is 11.4. The molecule has 2 aromatic heterocycles. The van der Waals surface area contributed by atoms with Gasteiger partial charge < -0.3 is 5.32 Å². The van der Waals surface area contributed by atoms with E-state index >= 15 is 0 Å². The van der Waals surface area contributed by atoms with Gasteiger partial charge in [0.15, 0.2) is 0 Å². The van der Waals surface area contributed by atoms with E-state index in [9.17, 15) is 13.2 Å². The lowest BCUT2D eigenvalue weighted by Crippen LogP contribution is -2.09. The van der Waals surface area contributed by atoms with E-state index in [0.29, 0.717) is 18.1 Å². The molecule has 0 fully saturated rings. The van der Waals surface area contributed by atoms with Gasteiger partial charge in [-0.2, -0.15) is 13.2 Å². The van der Waals surface area contributed by atoms with Crippen LogP contribution >= 0.6 is 0 Å². The van der Waals surface area contributed by atoms with Crippen molar-refractivity contribution in [1.82, 2.24) is 15.0 Å². The Bertz CT molecular complexity index is 589. The number of anilines is 1. The molecule has 0 aromatic carbocycles. The third-order valence-electron chi connectivity index (χ3n) is 2.75. The molecule has 2 heterocycles. The fraction of sp³-hybridized carbons (Fsp3) is 0.308. The van der Waals surface area contributed by atoms with Crippen molar-refractivity contribution in [3.8, 4) is 11.3 Å². The number of hydrogen-bond acceptors (Lipinski definition) is 4. The summed E-state index contributed by atoms with van der Waals surface area (Å²) in [6.45, 7) is 1.84. The van der Waals surface area contributed by atoms with Crippen LogP contribution < -0.4 is 5.32 Å². The van der Waals surface area contributed by atoms with Crippen molar-refractivity contribution in [3.05, 3.63) is 35.9 Å². The first kappa shape index (κ1) is 14.2. The van der Waals surface area contributed by atoms with Gasteiger partial charge in [-0.25, -0.2) is 9.97 Å². The lowest BCUT2D eigenvalue weighted by molar-refractivity contribution is -0.137. The van der Waals surface area contributed by atoms with Crippen molar-refractivity contribution in [1.29, 1.82) is 0 Å². The van der Waals surface area contributed by atoms with E-state index in [1.54, 1.807) is 7.05 Å². The number of halogens is 3. The number of nitrogens with one attached hydrogen (secondary N) is 1. The lowest BCUT2D eigenvalue weighted by Gasteiger charge is -2.13. The van der Waals surface area contributed by atoms with E-state index in [1.807, 2.05) is 6.92 Å². The van der Waals surface area contributed by atoms with Gasteiger partial charge in [0, 0.05) is 37.5 Å². The second kappa shape index (κ2) is 5.44. The first-order valence-electron chi connectivity index (χ1n) is 6.03. The monoisotopic (exact) mass is 282 g/mol. The second-order valence-electron chi connectivity index (χ2n) is 4.08. The van der Waals surface area contributed by atoms with E-state index in [0.717, 1.165) is 12.3 Å². The van der Waals surface area contributed by atoms with Gasteiger partial charge in [-0.15, -0.1) is 0 Å². The molecule has 0 unspecified atom stereocenters.